The summed E-state index contributed by atoms with van der Waals surface area (Å²) in [6, 6.07) is 11.7. The summed E-state index contributed by atoms with van der Waals surface area (Å²) in [6.07, 6.45) is -0.0632. The fourth-order valence-corrected chi connectivity index (χ4v) is 2.74. The van der Waals surface area contributed by atoms with Crippen LogP contribution in [0.5, 0.6) is 0 Å². The van der Waals surface area contributed by atoms with Gasteiger partial charge in [0, 0.05) is 10.7 Å². The van der Waals surface area contributed by atoms with Gasteiger partial charge in [-0.2, -0.15) is 0 Å². The van der Waals surface area contributed by atoms with E-state index in [0.717, 1.165) is 0 Å². The molecule has 2 rings (SSSR count). The summed E-state index contributed by atoms with van der Waals surface area (Å²) in [7, 11) is 0. The highest BCUT2D eigenvalue weighted by atomic mass is 35.5. The van der Waals surface area contributed by atoms with Crippen LogP contribution < -0.4 is 16.4 Å². The van der Waals surface area contributed by atoms with Gasteiger partial charge in [-0.3, -0.25) is 4.79 Å². The molecule has 142 valence electrons. The Hall–Kier alpha value is -3.06. The summed E-state index contributed by atoms with van der Waals surface area (Å²) in [5, 5.41) is 5.65. The molecular formula is C19H20ClN3O4. The van der Waals surface area contributed by atoms with Gasteiger partial charge in [-0.1, -0.05) is 29.8 Å². The smallest absolute Gasteiger partial charge is 0.338 e. The predicted octanol–water partition coefficient (Wildman–Crippen LogP) is 3.25. The van der Waals surface area contributed by atoms with Crippen molar-refractivity contribution >= 4 is 35.2 Å². The number of primary amides is 1. The van der Waals surface area contributed by atoms with Crippen molar-refractivity contribution in [1.82, 2.24) is 5.32 Å². The summed E-state index contributed by atoms with van der Waals surface area (Å²) in [6.45, 7) is 2.01. The number of nitrogens with one attached hydrogen (secondary N) is 2. The number of benzene rings is 2. The van der Waals surface area contributed by atoms with Crippen molar-refractivity contribution in [3.63, 3.8) is 0 Å². The lowest BCUT2D eigenvalue weighted by atomic mass is 10.0. The molecule has 0 aromatic heterocycles. The lowest BCUT2D eigenvalue weighted by molar-refractivity contribution is -0.116. The Morgan fingerprint density at radius 3 is 2.37 bits per heavy atom. The quantitative estimate of drug-likeness (QED) is 0.631. The Bertz CT molecular complexity index is 824. The van der Waals surface area contributed by atoms with E-state index >= 15 is 0 Å². The molecule has 0 radical (unpaired) electrons. The molecule has 0 saturated carbocycles. The Balaban J connectivity index is 2.06. The maximum atomic E-state index is 12.4. The van der Waals surface area contributed by atoms with Crippen molar-refractivity contribution in [2.24, 2.45) is 5.73 Å². The van der Waals surface area contributed by atoms with Gasteiger partial charge in [0.05, 0.1) is 24.6 Å². The number of urea groups is 1. The van der Waals surface area contributed by atoms with Crippen molar-refractivity contribution in [3.8, 4) is 0 Å². The van der Waals surface area contributed by atoms with Crippen molar-refractivity contribution in [2.75, 3.05) is 11.9 Å². The molecule has 0 aliphatic heterocycles. The van der Waals surface area contributed by atoms with Crippen molar-refractivity contribution < 1.29 is 19.1 Å². The Labute approximate surface area is 161 Å². The van der Waals surface area contributed by atoms with Gasteiger partial charge in [0.1, 0.15) is 0 Å². The first-order chi connectivity index (χ1) is 12.9. The van der Waals surface area contributed by atoms with E-state index in [0.29, 0.717) is 21.8 Å². The monoisotopic (exact) mass is 389 g/mol. The van der Waals surface area contributed by atoms with E-state index in [-0.39, 0.29) is 18.9 Å². The third-order valence-corrected chi connectivity index (χ3v) is 4.01. The number of esters is 1. The fraction of sp³-hybridized carbons (Fsp3) is 0.211. The Morgan fingerprint density at radius 2 is 1.78 bits per heavy atom. The minimum Gasteiger partial charge on any atom is -0.462 e. The van der Waals surface area contributed by atoms with E-state index in [4.69, 9.17) is 22.1 Å². The third-order valence-electron chi connectivity index (χ3n) is 3.67. The third kappa shape index (κ3) is 6.00. The van der Waals surface area contributed by atoms with Gasteiger partial charge in [-0.05, 0) is 42.8 Å². The Morgan fingerprint density at radius 1 is 1.11 bits per heavy atom. The van der Waals surface area contributed by atoms with Gasteiger partial charge in [0.25, 0.3) is 0 Å². The SMILES string of the molecule is CCOC(=O)c1ccc(NC(=O)C[C@@H](NC(N)=O)c2ccccc2Cl)cc1. The molecule has 27 heavy (non-hydrogen) atoms. The Kier molecular flexibility index (Phi) is 7.19. The van der Waals surface area contributed by atoms with Gasteiger partial charge < -0.3 is 21.1 Å². The fourth-order valence-electron chi connectivity index (χ4n) is 2.47. The number of amides is 3. The summed E-state index contributed by atoms with van der Waals surface area (Å²) in [5.74, 6) is -0.780. The highest BCUT2D eigenvalue weighted by molar-refractivity contribution is 6.31. The lowest BCUT2D eigenvalue weighted by Gasteiger charge is -2.19. The molecule has 0 unspecified atom stereocenters. The van der Waals surface area contributed by atoms with Gasteiger partial charge in [-0.25, -0.2) is 9.59 Å². The molecule has 4 N–H and O–H groups in total. The van der Waals surface area contributed by atoms with Gasteiger partial charge in [-0.15, -0.1) is 0 Å². The molecule has 0 bridgehead atoms. The van der Waals surface area contributed by atoms with Gasteiger partial charge in [0.2, 0.25) is 5.91 Å². The molecular weight excluding hydrogens is 370 g/mol. The zero-order valence-electron chi connectivity index (χ0n) is 14.7. The normalized spacial score (nSPS) is 11.3. The maximum absolute atomic E-state index is 12.4. The summed E-state index contributed by atoms with van der Waals surface area (Å²) >= 11 is 6.15. The molecule has 0 spiro atoms. The van der Waals surface area contributed by atoms with E-state index in [1.807, 2.05) is 0 Å². The lowest BCUT2D eigenvalue weighted by Crippen LogP contribution is -2.35. The van der Waals surface area contributed by atoms with Crippen LogP contribution >= 0.6 is 11.6 Å². The molecule has 2 aromatic carbocycles. The number of hydrogen-bond acceptors (Lipinski definition) is 4. The highest BCUT2D eigenvalue weighted by Crippen LogP contribution is 2.25. The van der Waals surface area contributed by atoms with E-state index < -0.39 is 18.0 Å². The standard InChI is InChI=1S/C19H20ClN3O4/c1-2-27-18(25)12-7-9-13(10-8-12)22-17(24)11-16(23-19(21)26)14-5-3-4-6-15(14)20/h3-10,16H,2,11H2,1H3,(H,22,24)(H3,21,23,26)/t16-/m1/s1. The minimum absolute atomic E-state index is 0.0632. The molecule has 1 atom stereocenters. The van der Waals surface area contributed by atoms with E-state index in [1.165, 1.54) is 0 Å². The van der Waals surface area contributed by atoms with Crippen LogP contribution in [0.3, 0.4) is 0 Å². The van der Waals surface area contributed by atoms with E-state index in [1.54, 1.807) is 55.5 Å². The van der Waals surface area contributed by atoms with Crippen LogP contribution in [0.4, 0.5) is 10.5 Å². The first kappa shape index (κ1) is 20.3. The summed E-state index contributed by atoms with van der Waals surface area (Å²) in [4.78, 5) is 35.3. The number of anilines is 1. The zero-order chi connectivity index (χ0) is 19.8. The molecule has 0 heterocycles. The van der Waals surface area contributed by atoms with Crippen molar-refractivity contribution in [1.29, 1.82) is 0 Å². The van der Waals surface area contributed by atoms with Crippen molar-refractivity contribution in [2.45, 2.75) is 19.4 Å². The molecule has 0 saturated heterocycles. The molecule has 0 fully saturated rings. The number of nitrogens with two attached hydrogens (primary N) is 1. The second-order valence-corrected chi connectivity index (χ2v) is 6.04. The second kappa shape index (κ2) is 9.59. The molecule has 3 amide bonds. The van der Waals surface area contributed by atoms with E-state index in [9.17, 15) is 14.4 Å². The topological polar surface area (TPSA) is 111 Å². The van der Waals surface area contributed by atoms with Crippen LogP contribution in [-0.2, 0) is 9.53 Å². The minimum atomic E-state index is -0.758. The molecule has 7 nitrogen and oxygen atoms in total. The second-order valence-electron chi connectivity index (χ2n) is 5.63. The number of carbonyl (C=O) groups is 3. The van der Waals surface area contributed by atoms with Crippen LogP contribution in [0.15, 0.2) is 48.5 Å². The largest absolute Gasteiger partial charge is 0.462 e. The zero-order valence-corrected chi connectivity index (χ0v) is 15.5. The summed E-state index contributed by atoms with van der Waals surface area (Å²) < 4.78 is 4.91. The molecule has 0 aliphatic carbocycles. The van der Waals surface area contributed by atoms with Crippen LogP contribution in [0.2, 0.25) is 5.02 Å². The average Bonchev–Trinajstić information content (AvgIpc) is 2.62. The molecule has 0 aliphatic rings. The van der Waals surface area contributed by atoms with Gasteiger partial charge >= 0.3 is 12.0 Å². The number of halogens is 1. The highest BCUT2D eigenvalue weighted by Gasteiger charge is 2.20. The van der Waals surface area contributed by atoms with Gasteiger partial charge in [0.15, 0.2) is 0 Å². The first-order valence-corrected chi connectivity index (χ1v) is 8.66. The van der Waals surface area contributed by atoms with Crippen LogP contribution in [-0.4, -0.2) is 24.5 Å². The molecule has 2 aromatic rings. The first-order valence-electron chi connectivity index (χ1n) is 8.28. The van der Waals surface area contributed by atoms with Crippen molar-refractivity contribution in [3.05, 3.63) is 64.7 Å². The number of ether oxygens (including phenoxy) is 1. The number of carbonyl (C=O) groups excluding carboxylic acids is 3. The van der Waals surface area contributed by atoms with Crippen LogP contribution in [0.25, 0.3) is 0 Å². The van der Waals surface area contributed by atoms with E-state index in [2.05, 4.69) is 10.6 Å². The average molecular weight is 390 g/mol. The number of rotatable bonds is 7. The van der Waals surface area contributed by atoms with Crippen LogP contribution in [0, 0.1) is 0 Å². The summed E-state index contributed by atoms with van der Waals surface area (Å²) in [5.41, 5.74) is 6.69. The maximum Gasteiger partial charge on any atom is 0.338 e. The number of hydrogen-bond donors (Lipinski definition) is 3. The predicted molar refractivity (Wildman–Crippen MR) is 103 cm³/mol. The van der Waals surface area contributed by atoms with Crippen LogP contribution in [0.1, 0.15) is 35.3 Å². The molecule has 8 heteroatoms.